The molecule has 1 aliphatic carbocycles. The fourth-order valence-electron chi connectivity index (χ4n) is 2.99. The van der Waals surface area contributed by atoms with Crippen LogP contribution in [-0.2, 0) is 0 Å². The summed E-state index contributed by atoms with van der Waals surface area (Å²) in [4.78, 5) is 6.54. The Balaban J connectivity index is 1.51. The zero-order chi connectivity index (χ0) is 13.2. The summed E-state index contributed by atoms with van der Waals surface area (Å²) in [5.41, 5.74) is 0.935. The molecule has 0 spiro atoms. The van der Waals surface area contributed by atoms with Crippen LogP contribution in [0.5, 0.6) is 0 Å². The predicted octanol–water partition coefficient (Wildman–Crippen LogP) is 2.50. The molecule has 0 amide bonds. The lowest BCUT2D eigenvalue weighted by Crippen LogP contribution is -2.44. The van der Waals surface area contributed by atoms with Crippen molar-refractivity contribution in [3.05, 3.63) is 29.8 Å². The van der Waals surface area contributed by atoms with Gasteiger partial charge in [0.15, 0.2) is 0 Å². The van der Waals surface area contributed by atoms with Gasteiger partial charge < -0.3 is 10.2 Å². The standard InChI is InChI=1S/C15H22FN3/c1-11(12-8-13(16)10-17-9-12)18-14-4-6-19(7-5-14)15-2-3-15/h8-11,14-15,18H,2-7H2,1H3. The molecule has 2 fully saturated rings. The van der Waals surface area contributed by atoms with Crippen LogP contribution in [-0.4, -0.2) is 35.1 Å². The van der Waals surface area contributed by atoms with E-state index in [4.69, 9.17) is 0 Å². The van der Waals surface area contributed by atoms with Gasteiger partial charge in [0.2, 0.25) is 0 Å². The van der Waals surface area contributed by atoms with E-state index in [1.807, 2.05) is 0 Å². The summed E-state index contributed by atoms with van der Waals surface area (Å²) >= 11 is 0. The molecule has 0 aromatic carbocycles. The molecule has 2 aliphatic rings. The molecule has 1 aromatic heterocycles. The Morgan fingerprint density at radius 1 is 1.26 bits per heavy atom. The van der Waals surface area contributed by atoms with Crippen LogP contribution in [0.15, 0.2) is 18.5 Å². The molecule has 4 heteroatoms. The lowest BCUT2D eigenvalue weighted by Gasteiger charge is -2.34. The normalized spacial score (nSPS) is 23.5. The lowest BCUT2D eigenvalue weighted by molar-refractivity contribution is 0.184. The van der Waals surface area contributed by atoms with E-state index in [2.05, 4.69) is 22.1 Å². The van der Waals surface area contributed by atoms with Gasteiger partial charge in [-0.2, -0.15) is 0 Å². The summed E-state index contributed by atoms with van der Waals surface area (Å²) < 4.78 is 13.2. The third-order valence-corrected chi connectivity index (χ3v) is 4.30. The van der Waals surface area contributed by atoms with Crippen molar-refractivity contribution in [3.63, 3.8) is 0 Å². The second-order valence-electron chi connectivity index (χ2n) is 5.87. The third kappa shape index (κ3) is 3.31. The minimum atomic E-state index is -0.255. The maximum Gasteiger partial charge on any atom is 0.141 e. The molecule has 1 saturated carbocycles. The van der Waals surface area contributed by atoms with Crippen molar-refractivity contribution in [2.45, 2.75) is 50.7 Å². The molecule has 1 unspecified atom stereocenters. The summed E-state index contributed by atoms with van der Waals surface area (Å²) in [6, 6.07) is 3.17. The second-order valence-corrected chi connectivity index (χ2v) is 5.87. The number of hydrogen-bond donors (Lipinski definition) is 1. The first-order valence-corrected chi connectivity index (χ1v) is 7.33. The van der Waals surface area contributed by atoms with Gasteiger partial charge in [-0.05, 0) is 57.3 Å². The van der Waals surface area contributed by atoms with E-state index in [0.29, 0.717) is 6.04 Å². The van der Waals surface area contributed by atoms with Crippen LogP contribution in [0.1, 0.15) is 44.2 Å². The Morgan fingerprint density at radius 2 is 2.00 bits per heavy atom. The van der Waals surface area contributed by atoms with Crippen LogP contribution in [0.4, 0.5) is 4.39 Å². The summed E-state index contributed by atoms with van der Waals surface area (Å²) in [7, 11) is 0. The van der Waals surface area contributed by atoms with Crippen molar-refractivity contribution in [2.75, 3.05) is 13.1 Å². The average Bonchev–Trinajstić information content (AvgIpc) is 3.24. The molecule has 3 rings (SSSR count). The number of pyridine rings is 1. The minimum Gasteiger partial charge on any atom is -0.307 e. The van der Waals surface area contributed by atoms with Gasteiger partial charge >= 0.3 is 0 Å². The van der Waals surface area contributed by atoms with Gasteiger partial charge in [-0.1, -0.05) is 0 Å². The van der Waals surface area contributed by atoms with Crippen molar-refractivity contribution in [2.24, 2.45) is 0 Å². The maximum absolute atomic E-state index is 13.2. The number of likely N-dealkylation sites (tertiary alicyclic amines) is 1. The molecule has 2 heterocycles. The van der Waals surface area contributed by atoms with E-state index in [1.54, 1.807) is 12.3 Å². The molecular formula is C15H22FN3. The zero-order valence-electron chi connectivity index (χ0n) is 11.5. The predicted molar refractivity (Wildman–Crippen MR) is 73.4 cm³/mol. The van der Waals surface area contributed by atoms with Crippen LogP contribution < -0.4 is 5.32 Å². The molecule has 1 aromatic rings. The van der Waals surface area contributed by atoms with E-state index in [0.717, 1.165) is 11.6 Å². The van der Waals surface area contributed by atoms with Crippen molar-refractivity contribution in [3.8, 4) is 0 Å². The fourth-order valence-corrected chi connectivity index (χ4v) is 2.99. The first-order chi connectivity index (χ1) is 9.22. The van der Waals surface area contributed by atoms with Crippen molar-refractivity contribution >= 4 is 0 Å². The van der Waals surface area contributed by atoms with E-state index < -0.39 is 0 Å². The van der Waals surface area contributed by atoms with Crippen LogP contribution in [0.25, 0.3) is 0 Å². The van der Waals surface area contributed by atoms with Crippen LogP contribution in [0.3, 0.4) is 0 Å². The SMILES string of the molecule is CC(NC1CCN(C2CC2)CC1)c1cncc(F)c1. The Kier molecular flexibility index (Phi) is 3.80. The Labute approximate surface area is 114 Å². The highest BCUT2D eigenvalue weighted by Crippen LogP contribution is 2.29. The van der Waals surface area contributed by atoms with Gasteiger partial charge in [0.1, 0.15) is 5.82 Å². The molecule has 0 bridgehead atoms. The molecule has 104 valence electrons. The number of hydrogen-bond acceptors (Lipinski definition) is 3. The first kappa shape index (κ1) is 13.0. The number of aromatic nitrogens is 1. The Morgan fingerprint density at radius 3 is 2.63 bits per heavy atom. The molecule has 1 saturated heterocycles. The molecular weight excluding hydrogens is 241 g/mol. The zero-order valence-corrected chi connectivity index (χ0v) is 11.5. The fraction of sp³-hybridized carbons (Fsp3) is 0.667. The quantitative estimate of drug-likeness (QED) is 0.904. The maximum atomic E-state index is 13.2. The van der Waals surface area contributed by atoms with E-state index in [9.17, 15) is 4.39 Å². The largest absolute Gasteiger partial charge is 0.307 e. The van der Waals surface area contributed by atoms with Crippen LogP contribution >= 0.6 is 0 Å². The Hall–Kier alpha value is -1.00. The van der Waals surface area contributed by atoms with Gasteiger partial charge in [0.25, 0.3) is 0 Å². The highest BCUT2D eigenvalue weighted by atomic mass is 19.1. The summed E-state index contributed by atoms with van der Waals surface area (Å²) in [5, 5.41) is 3.61. The molecule has 3 nitrogen and oxygen atoms in total. The third-order valence-electron chi connectivity index (χ3n) is 4.30. The minimum absolute atomic E-state index is 0.167. The van der Waals surface area contributed by atoms with Gasteiger partial charge in [-0.15, -0.1) is 0 Å². The van der Waals surface area contributed by atoms with Crippen LogP contribution in [0, 0.1) is 5.82 Å². The summed E-state index contributed by atoms with van der Waals surface area (Å²) in [6.07, 6.45) is 8.19. The Bertz CT molecular complexity index is 425. The molecule has 1 N–H and O–H groups in total. The molecule has 0 radical (unpaired) electrons. The lowest BCUT2D eigenvalue weighted by atomic mass is 10.0. The van der Waals surface area contributed by atoms with Crippen LogP contribution in [0.2, 0.25) is 0 Å². The van der Waals surface area contributed by atoms with E-state index >= 15 is 0 Å². The van der Waals surface area contributed by atoms with E-state index in [1.165, 1.54) is 45.0 Å². The van der Waals surface area contributed by atoms with Crippen molar-refractivity contribution in [1.82, 2.24) is 15.2 Å². The van der Waals surface area contributed by atoms with E-state index in [-0.39, 0.29) is 11.9 Å². The monoisotopic (exact) mass is 263 g/mol. The molecule has 19 heavy (non-hydrogen) atoms. The number of piperidine rings is 1. The van der Waals surface area contributed by atoms with Crippen molar-refractivity contribution < 1.29 is 4.39 Å². The number of halogens is 1. The van der Waals surface area contributed by atoms with Gasteiger partial charge in [0, 0.05) is 24.3 Å². The highest BCUT2D eigenvalue weighted by molar-refractivity contribution is 5.14. The highest BCUT2D eigenvalue weighted by Gasteiger charge is 2.31. The average molecular weight is 263 g/mol. The van der Waals surface area contributed by atoms with Gasteiger partial charge in [-0.25, -0.2) is 4.39 Å². The van der Waals surface area contributed by atoms with Gasteiger partial charge in [0.05, 0.1) is 6.20 Å². The van der Waals surface area contributed by atoms with Gasteiger partial charge in [-0.3, -0.25) is 4.98 Å². The summed E-state index contributed by atoms with van der Waals surface area (Å²) in [6.45, 7) is 4.50. The molecule has 1 atom stereocenters. The molecule has 1 aliphatic heterocycles. The second kappa shape index (κ2) is 5.55. The first-order valence-electron chi connectivity index (χ1n) is 7.33. The number of rotatable bonds is 4. The number of nitrogens with zero attached hydrogens (tertiary/aromatic N) is 2. The smallest absolute Gasteiger partial charge is 0.141 e. The number of nitrogens with one attached hydrogen (secondary N) is 1. The topological polar surface area (TPSA) is 28.2 Å². The summed E-state index contributed by atoms with van der Waals surface area (Å²) in [5.74, 6) is -0.255. The van der Waals surface area contributed by atoms with Crippen molar-refractivity contribution in [1.29, 1.82) is 0 Å².